The molecule has 0 heterocycles. The molecule has 0 aliphatic heterocycles. The lowest BCUT2D eigenvalue weighted by atomic mass is 9.43. The van der Waals surface area contributed by atoms with E-state index >= 15 is 0 Å². The van der Waals surface area contributed by atoms with E-state index in [-0.39, 0.29) is 11.4 Å². The normalized spacial score (nSPS) is 43.6. The monoisotopic (exact) mass is 292 g/mol. The molecule has 0 radical (unpaired) electrons. The van der Waals surface area contributed by atoms with Gasteiger partial charge in [0, 0.05) is 12.3 Å². The predicted octanol–water partition coefficient (Wildman–Crippen LogP) is 4.82. The Morgan fingerprint density at radius 3 is 2.10 bits per heavy atom. The molecule has 0 saturated heterocycles. The van der Waals surface area contributed by atoms with Crippen LogP contribution in [0.25, 0.3) is 0 Å². The van der Waals surface area contributed by atoms with Gasteiger partial charge in [-0.25, -0.2) is 0 Å². The molecular formula is C19H32O2. The fraction of sp³-hybridized carbons (Fsp3) is 0.947. The van der Waals surface area contributed by atoms with Gasteiger partial charge in [-0.05, 0) is 74.0 Å². The Morgan fingerprint density at radius 2 is 1.67 bits per heavy atom. The Kier molecular flexibility index (Phi) is 3.86. The van der Waals surface area contributed by atoms with Gasteiger partial charge in [0.15, 0.2) is 0 Å². The van der Waals surface area contributed by atoms with E-state index in [2.05, 4.69) is 20.8 Å². The lowest BCUT2D eigenvalue weighted by Crippen LogP contribution is -2.53. The lowest BCUT2D eigenvalue weighted by molar-refractivity contribution is -0.150. The minimum absolute atomic E-state index is 0.134. The van der Waals surface area contributed by atoms with Gasteiger partial charge in [-0.3, -0.25) is 4.79 Å². The van der Waals surface area contributed by atoms with Crippen molar-refractivity contribution in [2.45, 2.75) is 72.6 Å². The topological polar surface area (TPSA) is 26.3 Å². The van der Waals surface area contributed by atoms with Gasteiger partial charge in [-0.15, -0.1) is 0 Å². The molecule has 120 valence electrons. The SMILES string of the molecule is CCC(C)(COC(C)=O)CC1(C)C2CC3CC(C2)CC1C3. The first-order chi connectivity index (χ1) is 9.84. The van der Waals surface area contributed by atoms with Crippen LogP contribution in [-0.2, 0) is 9.53 Å². The van der Waals surface area contributed by atoms with Crippen LogP contribution in [0.5, 0.6) is 0 Å². The first kappa shape index (κ1) is 15.4. The molecule has 0 N–H and O–H groups in total. The van der Waals surface area contributed by atoms with Crippen LogP contribution in [-0.4, -0.2) is 12.6 Å². The molecular weight excluding hydrogens is 260 g/mol. The number of esters is 1. The molecule has 4 saturated carbocycles. The average molecular weight is 292 g/mol. The average Bonchev–Trinajstić information content (AvgIpc) is 2.42. The van der Waals surface area contributed by atoms with E-state index in [1.807, 2.05) is 0 Å². The zero-order valence-electron chi connectivity index (χ0n) is 14.3. The highest BCUT2D eigenvalue weighted by atomic mass is 16.5. The molecule has 1 atom stereocenters. The second kappa shape index (κ2) is 5.28. The van der Waals surface area contributed by atoms with Gasteiger partial charge >= 0.3 is 5.97 Å². The third-order valence-corrected chi connectivity index (χ3v) is 7.29. The number of hydrogen-bond donors (Lipinski definition) is 0. The minimum Gasteiger partial charge on any atom is -0.465 e. The first-order valence-corrected chi connectivity index (χ1v) is 8.98. The van der Waals surface area contributed by atoms with Gasteiger partial charge in [0.05, 0.1) is 6.61 Å². The maximum absolute atomic E-state index is 11.2. The van der Waals surface area contributed by atoms with Gasteiger partial charge in [0.1, 0.15) is 0 Å². The largest absolute Gasteiger partial charge is 0.465 e. The quantitative estimate of drug-likeness (QED) is 0.679. The molecule has 0 amide bonds. The van der Waals surface area contributed by atoms with E-state index in [9.17, 15) is 4.79 Å². The Balaban J connectivity index is 1.74. The van der Waals surface area contributed by atoms with Crippen molar-refractivity contribution in [3.05, 3.63) is 0 Å². The summed E-state index contributed by atoms with van der Waals surface area (Å²) >= 11 is 0. The third kappa shape index (κ3) is 2.75. The Morgan fingerprint density at radius 1 is 1.14 bits per heavy atom. The molecule has 4 aliphatic rings. The summed E-state index contributed by atoms with van der Waals surface area (Å²) in [6, 6.07) is 0. The van der Waals surface area contributed by atoms with Crippen molar-refractivity contribution in [2.24, 2.45) is 34.5 Å². The summed E-state index contributed by atoms with van der Waals surface area (Å²) in [6.45, 7) is 9.26. The molecule has 0 aromatic rings. The van der Waals surface area contributed by atoms with Gasteiger partial charge < -0.3 is 4.74 Å². The fourth-order valence-corrected chi connectivity index (χ4v) is 6.02. The molecule has 2 nitrogen and oxygen atoms in total. The molecule has 4 rings (SSSR count). The summed E-state index contributed by atoms with van der Waals surface area (Å²) in [5, 5.41) is 0. The number of rotatable bonds is 5. The standard InChI is InChI=1S/C19H32O2/c1-5-18(3,12-21-13(2)20)11-19(4)16-7-14-6-15(9-16)10-17(19)8-14/h14-17H,5-12H2,1-4H3. The summed E-state index contributed by atoms with van der Waals surface area (Å²) in [7, 11) is 0. The maximum atomic E-state index is 11.2. The zero-order valence-corrected chi connectivity index (χ0v) is 14.3. The van der Waals surface area contributed by atoms with E-state index in [4.69, 9.17) is 4.74 Å². The molecule has 4 bridgehead atoms. The Hall–Kier alpha value is -0.530. The third-order valence-electron chi connectivity index (χ3n) is 7.29. The first-order valence-electron chi connectivity index (χ1n) is 8.98. The van der Waals surface area contributed by atoms with Crippen molar-refractivity contribution >= 4 is 5.97 Å². The molecule has 4 fully saturated rings. The van der Waals surface area contributed by atoms with Crippen LogP contribution in [0.1, 0.15) is 72.6 Å². The number of ether oxygens (including phenoxy) is 1. The minimum atomic E-state index is -0.134. The van der Waals surface area contributed by atoms with Crippen molar-refractivity contribution in [2.75, 3.05) is 6.61 Å². The Bertz CT molecular complexity index is 386. The van der Waals surface area contributed by atoms with Crippen LogP contribution in [0, 0.1) is 34.5 Å². The summed E-state index contributed by atoms with van der Waals surface area (Å²) < 4.78 is 5.40. The maximum Gasteiger partial charge on any atom is 0.302 e. The highest BCUT2D eigenvalue weighted by Crippen LogP contribution is 2.65. The second-order valence-electron chi connectivity index (χ2n) is 8.93. The second-order valence-corrected chi connectivity index (χ2v) is 8.93. The van der Waals surface area contributed by atoms with Gasteiger partial charge in [0.25, 0.3) is 0 Å². The van der Waals surface area contributed by atoms with Crippen molar-refractivity contribution in [3.8, 4) is 0 Å². The van der Waals surface area contributed by atoms with Crippen LogP contribution in [0.2, 0.25) is 0 Å². The molecule has 2 heteroatoms. The number of carbonyl (C=O) groups excluding carboxylic acids is 1. The summed E-state index contributed by atoms with van der Waals surface area (Å²) in [5.41, 5.74) is 0.633. The van der Waals surface area contributed by atoms with E-state index in [0.29, 0.717) is 12.0 Å². The molecule has 0 aromatic carbocycles. The van der Waals surface area contributed by atoms with Crippen molar-refractivity contribution in [3.63, 3.8) is 0 Å². The summed E-state index contributed by atoms with van der Waals surface area (Å²) in [4.78, 5) is 11.2. The molecule has 0 aromatic heterocycles. The van der Waals surface area contributed by atoms with Crippen molar-refractivity contribution in [1.29, 1.82) is 0 Å². The van der Waals surface area contributed by atoms with Gasteiger partial charge in [-0.2, -0.15) is 0 Å². The van der Waals surface area contributed by atoms with Crippen LogP contribution in [0.4, 0.5) is 0 Å². The fourth-order valence-electron chi connectivity index (χ4n) is 6.02. The molecule has 1 unspecified atom stereocenters. The Labute approximate surface area is 130 Å². The predicted molar refractivity (Wildman–Crippen MR) is 84.8 cm³/mol. The number of hydrogen-bond acceptors (Lipinski definition) is 2. The van der Waals surface area contributed by atoms with Crippen LogP contribution in [0.15, 0.2) is 0 Å². The number of carbonyl (C=O) groups is 1. The van der Waals surface area contributed by atoms with E-state index in [1.165, 1.54) is 45.4 Å². The van der Waals surface area contributed by atoms with E-state index in [1.54, 1.807) is 0 Å². The lowest BCUT2D eigenvalue weighted by Gasteiger charge is -2.62. The molecule has 4 aliphatic carbocycles. The van der Waals surface area contributed by atoms with Crippen molar-refractivity contribution in [1.82, 2.24) is 0 Å². The van der Waals surface area contributed by atoms with Crippen LogP contribution >= 0.6 is 0 Å². The molecule has 21 heavy (non-hydrogen) atoms. The smallest absolute Gasteiger partial charge is 0.302 e. The van der Waals surface area contributed by atoms with Crippen LogP contribution < -0.4 is 0 Å². The molecule has 0 spiro atoms. The summed E-state index contributed by atoms with van der Waals surface area (Å²) in [5.74, 6) is 3.78. The highest BCUT2D eigenvalue weighted by molar-refractivity contribution is 5.65. The van der Waals surface area contributed by atoms with Crippen molar-refractivity contribution < 1.29 is 9.53 Å². The van der Waals surface area contributed by atoms with Gasteiger partial charge in [-0.1, -0.05) is 20.8 Å². The van der Waals surface area contributed by atoms with E-state index in [0.717, 1.165) is 30.1 Å². The van der Waals surface area contributed by atoms with Crippen LogP contribution in [0.3, 0.4) is 0 Å². The van der Waals surface area contributed by atoms with Gasteiger partial charge in [0.2, 0.25) is 0 Å². The highest BCUT2D eigenvalue weighted by Gasteiger charge is 2.56. The summed E-state index contributed by atoms with van der Waals surface area (Å²) in [6.07, 6.45) is 9.73. The van der Waals surface area contributed by atoms with E-state index < -0.39 is 0 Å². The zero-order chi connectivity index (χ0) is 15.3.